The zero-order valence-corrected chi connectivity index (χ0v) is 15.0. The quantitative estimate of drug-likeness (QED) is 0.223. The molecule has 1 unspecified atom stereocenters. The molecule has 0 radical (unpaired) electrons. The summed E-state index contributed by atoms with van der Waals surface area (Å²) in [5.74, 6) is -11.8. The van der Waals surface area contributed by atoms with Crippen LogP contribution >= 0.6 is 7.51 Å². The number of rotatable bonds is 4. The molecule has 3 rings (SSSR count). The fraction of sp³-hybridized carbons (Fsp3) is 0.111. The number of nitrogens with zero attached hydrogens (tertiary/aromatic N) is 1. The second kappa shape index (κ2) is 7.19. The maximum Gasteiger partial charge on any atom is 0.311 e. The molecule has 27 heavy (non-hydrogen) atoms. The Morgan fingerprint density at radius 3 is 1.89 bits per heavy atom. The SMILES string of the molecule is CN=P(C)(Oc1ccc2ccccc2c1)Oc1c(F)c(F)c(F)c(F)c1F. The van der Waals surface area contributed by atoms with Crippen LogP contribution in [0, 0.1) is 29.1 Å². The molecule has 9 heteroatoms. The molecule has 0 aliphatic heterocycles. The summed E-state index contributed by atoms with van der Waals surface area (Å²) in [6.07, 6.45) is 0. The van der Waals surface area contributed by atoms with Crippen LogP contribution in [0.2, 0.25) is 0 Å². The molecule has 0 fully saturated rings. The minimum Gasteiger partial charge on any atom is -0.430 e. The largest absolute Gasteiger partial charge is 0.430 e. The number of hydrogen-bond donors (Lipinski definition) is 0. The topological polar surface area (TPSA) is 30.8 Å². The molecule has 3 aromatic carbocycles. The molecule has 0 saturated heterocycles. The molecule has 0 saturated carbocycles. The first-order valence-electron chi connectivity index (χ1n) is 7.63. The monoisotopic (exact) mass is 401 g/mol. The zero-order valence-electron chi connectivity index (χ0n) is 14.1. The second-order valence-electron chi connectivity index (χ2n) is 5.59. The summed E-state index contributed by atoms with van der Waals surface area (Å²) in [5, 5.41) is 1.76. The van der Waals surface area contributed by atoms with Crippen LogP contribution in [-0.2, 0) is 0 Å². The summed E-state index contributed by atoms with van der Waals surface area (Å²) in [7, 11) is -2.13. The van der Waals surface area contributed by atoms with E-state index in [4.69, 9.17) is 9.05 Å². The number of halogens is 5. The summed E-state index contributed by atoms with van der Waals surface area (Å²) in [5.41, 5.74) is 0. The van der Waals surface area contributed by atoms with E-state index in [1.807, 2.05) is 24.3 Å². The van der Waals surface area contributed by atoms with E-state index < -0.39 is 42.3 Å². The Balaban J connectivity index is 1.99. The highest BCUT2D eigenvalue weighted by molar-refractivity contribution is 7.56. The van der Waals surface area contributed by atoms with Gasteiger partial charge in [0, 0.05) is 13.7 Å². The van der Waals surface area contributed by atoms with Gasteiger partial charge in [-0.25, -0.2) is 17.9 Å². The Kier molecular flexibility index (Phi) is 5.11. The van der Waals surface area contributed by atoms with Crippen molar-refractivity contribution < 1.29 is 31.0 Å². The van der Waals surface area contributed by atoms with Gasteiger partial charge in [-0.05, 0) is 22.9 Å². The summed E-state index contributed by atoms with van der Waals surface area (Å²) >= 11 is 0. The van der Waals surface area contributed by atoms with Crippen LogP contribution in [0.3, 0.4) is 0 Å². The van der Waals surface area contributed by atoms with Gasteiger partial charge in [0.1, 0.15) is 5.75 Å². The normalized spacial score (nSPS) is 13.3. The summed E-state index contributed by atoms with van der Waals surface area (Å²) < 4.78 is 82.3. The molecule has 0 aliphatic rings. The fourth-order valence-electron chi connectivity index (χ4n) is 2.35. The van der Waals surface area contributed by atoms with E-state index in [0.29, 0.717) is 0 Å². The number of hydrogen-bond acceptors (Lipinski definition) is 3. The predicted molar refractivity (Wildman–Crippen MR) is 92.6 cm³/mol. The molecule has 1 atom stereocenters. The highest BCUT2D eigenvalue weighted by atomic mass is 31.2. The Labute approximate surface area is 151 Å². The predicted octanol–water partition coefficient (Wildman–Crippen LogP) is 6.28. The Hall–Kier alpha value is -2.60. The Bertz CT molecular complexity index is 1060. The summed E-state index contributed by atoms with van der Waals surface area (Å²) in [4.78, 5) is 0. The van der Waals surface area contributed by atoms with Gasteiger partial charge < -0.3 is 9.05 Å². The van der Waals surface area contributed by atoms with Crippen LogP contribution in [0.15, 0.2) is 47.2 Å². The average molecular weight is 401 g/mol. The van der Waals surface area contributed by atoms with E-state index in [9.17, 15) is 22.0 Å². The highest BCUT2D eigenvalue weighted by Crippen LogP contribution is 2.50. The summed E-state index contributed by atoms with van der Waals surface area (Å²) in [6.45, 7) is 1.29. The van der Waals surface area contributed by atoms with Crippen molar-refractivity contribution in [2.45, 2.75) is 0 Å². The Morgan fingerprint density at radius 1 is 0.741 bits per heavy atom. The molecule has 0 aromatic heterocycles. The van der Waals surface area contributed by atoms with Gasteiger partial charge in [0.15, 0.2) is 0 Å². The Morgan fingerprint density at radius 2 is 1.30 bits per heavy atom. The van der Waals surface area contributed by atoms with Crippen LogP contribution < -0.4 is 9.05 Å². The van der Waals surface area contributed by atoms with E-state index in [2.05, 4.69) is 4.74 Å². The lowest BCUT2D eigenvalue weighted by Gasteiger charge is -2.22. The zero-order chi connectivity index (χ0) is 19.8. The first-order valence-corrected chi connectivity index (χ1v) is 9.65. The maximum atomic E-state index is 13.9. The van der Waals surface area contributed by atoms with Crippen LogP contribution in [0.25, 0.3) is 10.8 Å². The number of fused-ring (bicyclic) bond motifs is 1. The molecule has 0 heterocycles. The van der Waals surface area contributed by atoms with Crippen molar-refractivity contribution in [2.75, 3.05) is 13.7 Å². The van der Waals surface area contributed by atoms with Crippen molar-refractivity contribution in [3.05, 3.63) is 71.6 Å². The molecule has 0 amide bonds. The van der Waals surface area contributed by atoms with Gasteiger partial charge in [0.2, 0.25) is 34.8 Å². The first-order chi connectivity index (χ1) is 12.8. The standard InChI is InChI=1S/C18H13F5NO2P/c1-24-27(2,25-12-8-7-10-5-3-4-6-11(10)9-12)26-18-16(22)14(20)13(19)15(21)17(18)23/h3-9H,1-2H3. The molecular weight excluding hydrogens is 388 g/mol. The van der Waals surface area contributed by atoms with Crippen molar-refractivity contribution in [1.29, 1.82) is 0 Å². The third-order valence-corrected chi connectivity index (χ3v) is 5.59. The smallest absolute Gasteiger partial charge is 0.311 e. The molecule has 0 aliphatic carbocycles. The molecule has 0 spiro atoms. The van der Waals surface area contributed by atoms with Crippen LogP contribution in [0.1, 0.15) is 0 Å². The lowest BCUT2D eigenvalue weighted by Crippen LogP contribution is -2.08. The van der Waals surface area contributed by atoms with Gasteiger partial charge >= 0.3 is 7.51 Å². The van der Waals surface area contributed by atoms with E-state index in [1.54, 1.807) is 18.2 Å². The van der Waals surface area contributed by atoms with Crippen molar-refractivity contribution >= 4 is 18.3 Å². The van der Waals surface area contributed by atoms with E-state index in [0.717, 1.165) is 10.8 Å². The van der Waals surface area contributed by atoms with Crippen molar-refractivity contribution in [3.8, 4) is 11.5 Å². The van der Waals surface area contributed by atoms with Crippen molar-refractivity contribution in [2.24, 2.45) is 4.74 Å². The third-order valence-electron chi connectivity index (χ3n) is 3.79. The van der Waals surface area contributed by atoms with Crippen molar-refractivity contribution in [1.82, 2.24) is 0 Å². The van der Waals surface area contributed by atoms with Gasteiger partial charge in [-0.3, -0.25) is 0 Å². The molecular formula is C18H13F5NO2P. The first kappa shape index (κ1) is 19.2. The van der Waals surface area contributed by atoms with Gasteiger partial charge in [-0.1, -0.05) is 30.3 Å². The summed E-state index contributed by atoms with van der Waals surface area (Å²) in [6, 6.07) is 12.4. The molecule has 0 N–H and O–H groups in total. The molecule has 142 valence electrons. The molecule has 0 bridgehead atoms. The average Bonchev–Trinajstić information content (AvgIpc) is 2.68. The third kappa shape index (κ3) is 3.62. The second-order valence-corrected chi connectivity index (χ2v) is 7.96. The van der Waals surface area contributed by atoms with Crippen LogP contribution in [0.4, 0.5) is 22.0 Å². The van der Waals surface area contributed by atoms with E-state index >= 15 is 0 Å². The van der Waals surface area contributed by atoms with Crippen LogP contribution in [-0.4, -0.2) is 13.7 Å². The van der Waals surface area contributed by atoms with E-state index in [1.165, 1.54) is 13.7 Å². The minimum atomic E-state index is -3.39. The molecule has 3 nitrogen and oxygen atoms in total. The maximum absolute atomic E-state index is 13.9. The minimum absolute atomic E-state index is 0.277. The van der Waals surface area contributed by atoms with Crippen LogP contribution in [0.5, 0.6) is 11.5 Å². The highest BCUT2D eigenvalue weighted by Gasteiger charge is 2.31. The van der Waals surface area contributed by atoms with Gasteiger partial charge in [0.05, 0.1) is 0 Å². The lowest BCUT2D eigenvalue weighted by molar-refractivity contribution is 0.344. The van der Waals surface area contributed by atoms with Crippen molar-refractivity contribution in [3.63, 3.8) is 0 Å². The lowest BCUT2D eigenvalue weighted by atomic mass is 10.1. The van der Waals surface area contributed by atoms with Gasteiger partial charge in [-0.2, -0.15) is 8.78 Å². The van der Waals surface area contributed by atoms with E-state index in [-0.39, 0.29) is 5.75 Å². The van der Waals surface area contributed by atoms with Gasteiger partial charge in [0.25, 0.3) is 0 Å². The van der Waals surface area contributed by atoms with Gasteiger partial charge in [-0.15, -0.1) is 0 Å². The fourth-order valence-corrected chi connectivity index (χ4v) is 3.56. The molecule has 3 aromatic rings. The number of benzene rings is 3.